The summed E-state index contributed by atoms with van der Waals surface area (Å²) in [4.78, 5) is 18.4. The molecule has 8 N–H and O–H groups in total. The van der Waals surface area contributed by atoms with Gasteiger partial charge in [-0.2, -0.15) is 0 Å². The fraction of sp³-hybridized carbons (Fsp3) is 0.567. The maximum atomic E-state index is 18.4. The van der Waals surface area contributed by atoms with E-state index in [1.807, 2.05) is 24.3 Å². The maximum absolute atomic E-state index is 18.4. The van der Waals surface area contributed by atoms with E-state index in [1.165, 1.54) is 35.0 Å². The number of Topliss-reactive ketones (excluding diaryl/α,β-unsaturated/α-hetero) is 1. The van der Waals surface area contributed by atoms with E-state index in [0.29, 0.717) is 56.1 Å². The van der Waals surface area contributed by atoms with Crippen LogP contribution in [-0.4, -0.2) is 78.0 Å². The van der Waals surface area contributed by atoms with Crippen LogP contribution < -0.4 is 10.1 Å². The third kappa shape index (κ3) is 6.93. The molecular formula is C90H93NO9. The summed E-state index contributed by atoms with van der Waals surface area (Å²) in [5, 5.41) is 98.1. The van der Waals surface area contributed by atoms with Gasteiger partial charge in [0.15, 0.2) is 23.0 Å². The first-order chi connectivity index (χ1) is 48.6. The smallest absolute Gasteiger partial charge is 0.160 e. The zero-order valence-electron chi connectivity index (χ0n) is 57.7. The summed E-state index contributed by atoms with van der Waals surface area (Å²) in [5.41, 5.74) is 7.22. The Balaban J connectivity index is 0.948. The fourth-order valence-electron chi connectivity index (χ4n) is 30.5. The lowest BCUT2D eigenvalue weighted by Crippen LogP contribution is -2.87. The Morgan fingerprint density at radius 1 is 0.760 bits per heavy atom. The molecule has 7 spiro atoms. The van der Waals surface area contributed by atoms with Gasteiger partial charge < -0.3 is 45.8 Å². The van der Waals surface area contributed by atoms with Crippen molar-refractivity contribution in [3.63, 3.8) is 0 Å². The number of phenolic OH excluding ortho intramolecular Hbond substituents is 3. The van der Waals surface area contributed by atoms with Gasteiger partial charge in [0.2, 0.25) is 0 Å². The molecule has 22 atom stereocenters. The predicted octanol–water partition coefficient (Wildman–Crippen LogP) is 13.7. The van der Waals surface area contributed by atoms with Crippen molar-refractivity contribution < 1.29 is 45.3 Å². The zero-order chi connectivity index (χ0) is 67.2. The Hall–Kier alpha value is -6.81. The minimum Gasteiger partial charge on any atom is -0.504 e. The number of benzene rings is 4. The molecular weight excluding hydrogens is 1240 g/mol. The molecule has 4 aromatic rings. The number of fused-ring (bicyclic) bond motifs is 11. The highest BCUT2D eigenvalue weighted by atomic mass is 16.5. The molecule has 0 aromatic heterocycles. The Kier molecular flexibility index (Phi) is 12.2. The fourth-order valence-corrected chi connectivity index (χ4v) is 30.5. The molecule has 0 amide bonds. The second kappa shape index (κ2) is 20.1. The molecule has 10 heteroatoms. The number of nitrogens with one attached hydrogen (secondary N) is 1. The van der Waals surface area contributed by atoms with Gasteiger partial charge in [-0.1, -0.05) is 140 Å². The molecule has 0 unspecified atom stereocenters. The van der Waals surface area contributed by atoms with Crippen LogP contribution in [0.5, 0.6) is 23.0 Å². The molecule has 21 rings (SSSR count). The molecule has 100 heavy (non-hydrogen) atoms. The number of allylic oxidation sites excluding steroid dienone is 6. The summed E-state index contributed by atoms with van der Waals surface area (Å²) in [6, 6.07) is 22.4. The predicted molar refractivity (Wildman–Crippen MR) is 379 cm³/mol. The molecule has 1 saturated heterocycles. The number of phenols is 3. The van der Waals surface area contributed by atoms with Crippen LogP contribution >= 0.6 is 0 Å². The highest BCUT2D eigenvalue weighted by Crippen LogP contribution is 2.87. The number of ketones is 1. The summed E-state index contributed by atoms with van der Waals surface area (Å²) in [5.74, 6) is 20.5. The second-order valence-corrected chi connectivity index (χ2v) is 36.1. The summed E-state index contributed by atoms with van der Waals surface area (Å²) < 4.78 is 5.97. The Labute approximate surface area is 587 Å². The van der Waals surface area contributed by atoms with E-state index in [-0.39, 0.29) is 88.0 Å². The third-order valence-corrected chi connectivity index (χ3v) is 33.6. The van der Waals surface area contributed by atoms with Gasteiger partial charge in [-0.05, 0) is 223 Å². The minimum atomic E-state index is -1.81. The molecule has 17 aliphatic rings. The van der Waals surface area contributed by atoms with Gasteiger partial charge in [0.25, 0.3) is 0 Å². The lowest BCUT2D eigenvalue weighted by Gasteiger charge is -2.82. The van der Waals surface area contributed by atoms with Crippen molar-refractivity contribution in [2.24, 2.45) is 69.5 Å². The molecule has 15 bridgehead atoms. The van der Waals surface area contributed by atoms with Crippen molar-refractivity contribution in [3.8, 4) is 58.5 Å². The topological polar surface area (TPSA) is 180 Å². The summed E-state index contributed by atoms with van der Waals surface area (Å²) >= 11 is 0. The number of aromatic hydroxyl groups is 3. The second-order valence-electron chi connectivity index (χ2n) is 36.1. The molecule has 512 valence electrons. The average molecular weight is 1330 g/mol. The molecule has 7 saturated carbocycles. The van der Waals surface area contributed by atoms with Gasteiger partial charge in [0, 0.05) is 99.5 Å². The van der Waals surface area contributed by atoms with Crippen molar-refractivity contribution in [1.29, 1.82) is 0 Å². The van der Waals surface area contributed by atoms with Crippen LogP contribution in [-0.2, 0) is 39.5 Å². The van der Waals surface area contributed by atoms with E-state index >= 15 is 9.90 Å². The number of carbonyl (C=O) groups excluding carboxylic acids is 1. The van der Waals surface area contributed by atoms with E-state index in [4.69, 9.17) is 10.1 Å². The quantitative estimate of drug-likeness (QED) is 0.0545. The van der Waals surface area contributed by atoms with Crippen molar-refractivity contribution in [3.05, 3.63) is 163 Å². The van der Waals surface area contributed by atoms with Crippen molar-refractivity contribution in [1.82, 2.24) is 5.32 Å². The van der Waals surface area contributed by atoms with Crippen LogP contribution in [0.2, 0.25) is 0 Å². The molecule has 1 heterocycles. The van der Waals surface area contributed by atoms with Crippen LogP contribution in [0, 0.1) is 105 Å². The van der Waals surface area contributed by atoms with Crippen molar-refractivity contribution in [2.75, 3.05) is 7.11 Å². The van der Waals surface area contributed by atoms with E-state index in [1.54, 1.807) is 6.07 Å². The van der Waals surface area contributed by atoms with Crippen molar-refractivity contribution >= 4 is 5.78 Å². The highest BCUT2D eigenvalue weighted by Gasteiger charge is 2.85. The number of hydrogen-bond donors (Lipinski definition) is 8. The van der Waals surface area contributed by atoms with Crippen LogP contribution in [0.25, 0.3) is 0 Å². The molecule has 0 radical (unpaired) electrons. The van der Waals surface area contributed by atoms with Crippen LogP contribution in [0.15, 0.2) is 113 Å². The SMILES string of the molecule is COc1cc([C@@H]2CC(=O)[C@H]3[C@@H]4C=C[C@@]56C#CC[C@H]7N[C@@]89CC[C@@]3(O)[C@@H]([C@H]7C#C[C@H]2Cc2ccccc2)[C@@]82c3cc(O)c(O)cc3[C@@H]3C[C@H]2[C@]27C[C@]38CCC[C@@H]8C=C2[C@@H]2C[C@@H](O)C3=CC2=C(C#CC[C@@H]2CCC8(CCCC8)[C@]2(C[C@H]5O)c2cc(cc4c26)C32CCCCC2)[C@@H]7C9)c(CO)cc1O. The minimum absolute atomic E-state index is 0.0259. The van der Waals surface area contributed by atoms with E-state index < -0.39 is 98.6 Å². The Morgan fingerprint density at radius 3 is 2.42 bits per heavy atom. The summed E-state index contributed by atoms with van der Waals surface area (Å²) in [6.07, 6.45) is 28.5. The number of aliphatic hydroxyl groups is 4. The van der Waals surface area contributed by atoms with E-state index in [9.17, 15) is 30.6 Å². The average Bonchev–Trinajstić information content (AvgIpc) is 1.12. The lowest BCUT2D eigenvalue weighted by atomic mass is 9.23. The number of ether oxygens (including phenoxy) is 1. The molecule has 10 nitrogen and oxygen atoms in total. The van der Waals surface area contributed by atoms with E-state index in [2.05, 4.69) is 96.2 Å². The number of carbonyl (C=O) groups is 1. The van der Waals surface area contributed by atoms with E-state index in [0.717, 1.165) is 136 Å². The van der Waals surface area contributed by atoms with Gasteiger partial charge in [-0.15, -0.1) is 5.92 Å². The number of hydrogen-bond acceptors (Lipinski definition) is 10. The number of methoxy groups -OCH3 is 1. The first-order valence-electron chi connectivity index (χ1n) is 39.1. The third-order valence-electron chi connectivity index (χ3n) is 33.6. The van der Waals surface area contributed by atoms with Crippen LogP contribution in [0.4, 0.5) is 0 Å². The van der Waals surface area contributed by atoms with Crippen LogP contribution in [0.1, 0.15) is 222 Å². The normalized spacial score (nSPS) is 44.2. The molecule has 4 aromatic carbocycles. The van der Waals surface area contributed by atoms with Gasteiger partial charge in [-0.3, -0.25) is 4.79 Å². The van der Waals surface area contributed by atoms with Gasteiger partial charge in [-0.25, -0.2) is 0 Å². The standard InChI is InChI=1S/C90H93NO9/c1-100-76-42-59(51(47-92)34-74(76)96)58-39-75(97)80-56-22-30-84-27-12-18-70-57(20-19-50(58)33-49-13-4-2-5-14-49)81-89(80,99)32-31-86(91-70)45-69-55-17-10-15-52-21-29-82(23-8-9-24-82)88(52,46-78(84)98)68-37-54(35-62(56)79(68)84)83(25-6-3-7-26-83)67-38-60(55)61(40-71(67)93)65-36-53-16-11-28-85(53)48-87(65,69)77-44-64(85)63-41-72(94)73(95)43-66(63)90(77,81)86/h2,4-5,13-14,22,30,34-38,41-43,50,52-53,56-58,61,64,69-71,77-78,80-81,91-96,98-99H,3,6-9,11,15-16,18,21,23-26,28-29,31-33,39-40,44-48H2,1H3/t50-,52+,53+,56+,57-,58+,61+,64-,69-,70+,71+,77-,78+,80+,81+,84-,85-,86+,87+,88-,89-,90-/m0/s1. The molecule has 16 aliphatic carbocycles. The van der Waals surface area contributed by atoms with Crippen molar-refractivity contribution in [2.45, 2.75) is 236 Å². The number of piperidine rings is 1. The maximum Gasteiger partial charge on any atom is 0.160 e. The number of rotatable bonds is 5. The Morgan fingerprint density at radius 2 is 1.59 bits per heavy atom. The summed E-state index contributed by atoms with van der Waals surface area (Å²) in [7, 11) is 1.54. The van der Waals surface area contributed by atoms with Gasteiger partial charge >= 0.3 is 0 Å². The van der Waals surface area contributed by atoms with Gasteiger partial charge in [0.05, 0.1) is 37.4 Å². The monoisotopic (exact) mass is 1330 g/mol. The lowest BCUT2D eigenvalue weighted by molar-refractivity contribution is -0.263. The van der Waals surface area contributed by atoms with Crippen LogP contribution in [0.3, 0.4) is 0 Å². The number of aliphatic hydroxyl groups excluding tert-OH is 3. The zero-order valence-corrected chi connectivity index (χ0v) is 57.7. The first-order valence-corrected chi connectivity index (χ1v) is 39.1. The summed E-state index contributed by atoms with van der Waals surface area (Å²) in [6.45, 7) is -0.405. The highest BCUT2D eigenvalue weighted by molar-refractivity contribution is 5.86. The Bertz CT molecular complexity index is 4700. The first kappa shape index (κ1) is 60.7. The molecule has 1 aliphatic heterocycles. The van der Waals surface area contributed by atoms with Gasteiger partial charge in [0.1, 0.15) is 11.2 Å². The molecule has 8 fully saturated rings. The largest absolute Gasteiger partial charge is 0.504 e.